The maximum Gasteiger partial charge on any atom is 0.251 e. The second-order valence-electron chi connectivity index (χ2n) is 8.60. The smallest absolute Gasteiger partial charge is 0.251 e. The number of nitrogens with two attached hydrogens (primary N) is 1. The quantitative estimate of drug-likeness (QED) is 0.454. The van der Waals surface area contributed by atoms with Crippen LogP contribution in [0.2, 0.25) is 0 Å². The molecule has 1 heterocycles. The van der Waals surface area contributed by atoms with E-state index in [1.807, 2.05) is 6.07 Å². The minimum Gasteiger partial charge on any atom is -0.384 e. The molecule has 1 fully saturated rings. The number of nitrogen functional groups attached to an aromatic ring is 1. The van der Waals surface area contributed by atoms with Crippen LogP contribution in [0.25, 0.3) is 0 Å². The van der Waals surface area contributed by atoms with E-state index in [1.165, 1.54) is 40.7 Å². The van der Waals surface area contributed by atoms with Crippen LogP contribution >= 0.6 is 0 Å². The molecular formula is C25H22N4O. The number of hydrogen-bond donors (Lipinski definition) is 3. The van der Waals surface area contributed by atoms with Crippen LogP contribution in [-0.4, -0.2) is 16.7 Å². The van der Waals surface area contributed by atoms with Crippen LogP contribution in [0.15, 0.2) is 54.7 Å². The molecule has 3 aliphatic rings. The molecule has 6 rings (SSSR count). The van der Waals surface area contributed by atoms with E-state index in [4.69, 9.17) is 11.1 Å². The lowest BCUT2D eigenvalue weighted by Crippen LogP contribution is -2.36. The zero-order valence-corrected chi connectivity index (χ0v) is 16.5. The summed E-state index contributed by atoms with van der Waals surface area (Å²) in [7, 11) is 0. The largest absolute Gasteiger partial charge is 0.384 e. The van der Waals surface area contributed by atoms with E-state index in [1.54, 1.807) is 18.3 Å². The summed E-state index contributed by atoms with van der Waals surface area (Å²) >= 11 is 0. The van der Waals surface area contributed by atoms with Gasteiger partial charge in [0.2, 0.25) is 0 Å². The molecule has 2 atom stereocenters. The van der Waals surface area contributed by atoms with Gasteiger partial charge in [0.05, 0.1) is 12.2 Å². The number of rotatable bonds is 5. The van der Waals surface area contributed by atoms with E-state index < -0.39 is 0 Å². The number of pyridine rings is 1. The zero-order valence-electron chi connectivity index (χ0n) is 16.5. The lowest BCUT2D eigenvalue weighted by atomic mass is 9.52. The van der Waals surface area contributed by atoms with Crippen molar-refractivity contribution in [1.82, 2.24) is 10.3 Å². The maximum atomic E-state index is 12.7. The summed E-state index contributed by atoms with van der Waals surface area (Å²) in [6.07, 6.45) is 4.19. The van der Waals surface area contributed by atoms with Crippen LogP contribution in [0.3, 0.4) is 0 Å². The minimum absolute atomic E-state index is 0.0136. The molecule has 4 N–H and O–H groups in total. The van der Waals surface area contributed by atoms with Gasteiger partial charge in [-0.05, 0) is 70.8 Å². The molecular weight excluding hydrogens is 372 g/mol. The van der Waals surface area contributed by atoms with Crippen LogP contribution in [0.5, 0.6) is 0 Å². The first-order valence-electron chi connectivity index (χ1n) is 10.5. The predicted molar refractivity (Wildman–Crippen MR) is 115 cm³/mol. The van der Waals surface area contributed by atoms with Crippen molar-refractivity contribution in [3.63, 3.8) is 0 Å². The Morgan fingerprint density at radius 3 is 2.37 bits per heavy atom. The number of amidine groups is 1. The molecule has 5 nitrogen and oxygen atoms in total. The fourth-order valence-corrected chi connectivity index (χ4v) is 4.91. The molecule has 0 radical (unpaired) electrons. The molecule has 1 aromatic heterocycles. The van der Waals surface area contributed by atoms with Crippen LogP contribution < -0.4 is 11.1 Å². The molecule has 148 valence electrons. The Hall–Kier alpha value is -3.47. The molecule has 1 saturated carbocycles. The highest BCUT2D eigenvalue weighted by Crippen LogP contribution is 2.63. The number of aromatic nitrogens is 1. The predicted octanol–water partition coefficient (Wildman–Crippen LogP) is 3.76. The van der Waals surface area contributed by atoms with E-state index in [0.29, 0.717) is 29.5 Å². The second-order valence-corrected chi connectivity index (χ2v) is 8.60. The molecule has 3 aromatic rings. The van der Waals surface area contributed by atoms with E-state index >= 15 is 0 Å². The first-order valence-corrected chi connectivity index (χ1v) is 10.5. The van der Waals surface area contributed by atoms with Crippen molar-refractivity contribution in [1.29, 1.82) is 5.41 Å². The fourth-order valence-electron chi connectivity index (χ4n) is 4.91. The van der Waals surface area contributed by atoms with Crippen molar-refractivity contribution >= 4 is 11.7 Å². The first-order chi connectivity index (χ1) is 14.6. The Morgan fingerprint density at radius 2 is 1.67 bits per heavy atom. The number of nitrogens with one attached hydrogen (secondary N) is 2. The SMILES string of the molecule is N=C(N)c1ccc(CNC(=O)c2ccc3c(c2)C2c4cc(C5CC5)ccc4[C@@H]32)nc1. The Bertz CT molecular complexity index is 1210. The molecule has 5 heteroatoms. The summed E-state index contributed by atoms with van der Waals surface area (Å²) in [4.78, 5) is 16.9. The summed E-state index contributed by atoms with van der Waals surface area (Å²) in [6, 6.07) is 16.6. The van der Waals surface area contributed by atoms with Crippen LogP contribution in [0.1, 0.15) is 80.0 Å². The van der Waals surface area contributed by atoms with Gasteiger partial charge in [-0.2, -0.15) is 0 Å². The van der Waals surface area contributed by atoms with Gasteiger partial charge >= 0.3 is 0 Å². The number of benzene rings is 2. The Morgan fingerprint density at radius 1 is 0.967 bits per heavy atom. The standard InChI is InChI=1S/C25H22N4O/c26-24(27)16-3-6-17(28-11-16)12-29-25(30)15-5-8-19-21(10-15)23-20-9-14(13-1-2-13)4-7-18(20)22(19)23/h3-11,13,22-23H,1-2,12H2,(H3,26,27)(H,29,30)/t22-,23?/m0/s1. The molecule has 3 aliphatic carbocycles. The highest BCUT2D eigenvalue weighted by atomic mass is 16.1. The average Bonchev–Trinajstić information content (AvgIpc) is 3.57. The summed E-state index contributed by atoms with van der Waals surface area (Å²) in [6.45, 7) is 0.341. The third kappa shape index (κ3) is 2.58. The highest BCUT2D eigenvalue weighted by Gasteiger charge is 2.49. The number of amides is 1. The van der Waals surface area contributed by atoms with Gasteiger partial charge in [0, 0.05) is 29.2 Å². The number of nitrogens with zero attached hydrogens (tertiary/aromatic N) is 1. The van der Waals surface area contributed by atoms with Crippen molar-refractivity contribution in [3.05, 3.63) is 99.4 Å². The molecule has 0 saturated heterocycles. The average molecular weight is 394 g/mol. The van der Waals surface area contributed by atoms with Gasteiger partial charge in [-0.15, -0.1) is 0 Å². The third-order valence-corrected chi connectivity index (χ3v) is 6.75. The summed E-state index contributed by atoms with van der Waals surface area (Å²) < 4.78 is 0. The Kier molecular flexibility index (Phi) is 3.63. The van der Waals surface area contributed by atoms with Crippen molar-refractivity contribution in [2.24, 2.45) is 5.73 Å². The van der Waals surface area contributed by atoms with Crippen molar-refractivity contribution in [2.75, 3.05) is 0 Å². The minimum atomic E-state index is -0.0926. The second kappa shape index (κ2) is 6.26. The number of carbonyl (C=O) groups is 1. The van der Waals surface area contributed by atoms with E-state index in [9.17, 15) is 4.79 Å². The van der Waals surface area contributed by atoms with E-state index in [-0.39, 0.29) is 11.7 Å². The first kappa shape index (κ1) is 17.4. The lowest BCUT2D eigenvalue weighted by molar-refractivity contribution is 0.0950. The van der Waals surface area contributed by atoms with Gasteiger partial charge in [0.25, 0.3) is 5.91 Å². The Balaban J connectivity index is 1.17. The maximum absolute atomic E-state index is 12.7. The van der Waals surface area contributed by atoms with Crippen LogP contribution in [0.4, 0.5) is 0 Å². The van der Waals surface area contributed by atoms with E-state index in [0.717, 1.165) is 11.6 Å². The summed E-state index contributed by atoms with van der Waals surface area (Å²) in [5.41, 5.74) is 14.5. The van der Waals surface area contributed by atoms with Gasteiger partial charge in [0.15, 0.2) is 0 Å². The van der Waals surface area contributed by atoms with Crippen molar-refractivity contribution in [3.8, 4) is 0 Å². The molecule has 30 heavy (non-hydrogen) atoms. The molecule has 1 amide bonds. The normalized spacial score (nSPS) is 20.1. The fraction of sp³-hybridized carbons (Fsp3) is 0.240. The van der Waals surface area contributed by atoms with Crippen LogP contribution in [-0.2, 0) is 6.54 Å². The third-order valence-electron chi connectivity index (χ3n) is 6.75. The lowest BCUT2D eigenvalue weighted by Gasteiger charge is -2.50. The summed E-state index contributed by atoms with van der Waals surface area (Å²) in [5.74, 6) is 1.64. The monoisotopic (exact) mass is 394 g/mol. The molecule has 1 unspecified atom stereocenters. The number of carbonyl (C=O) groups excluding carboxylic acids is 1. The summed E-state index contributed by atoms with van der Waals surface area (Å²) in [5, 5.41) is 10.4. The van der Waals surface area contributed by atoms with Crippen molar-refractivity contribution in [2.45, 2.75) is 37.1 Å². The van der Waals surface area contributed by atoms with Gasteiger partial charge in [-0.25, -0.2) is 0 Å². The van der Waals surface area contributed by atoms with Gasteiger partial charge in [-0.1, -0.05) is 24.3 Å². The van der Waals surface area contributed by atoms with Crippen LogP contribution in [0, 0.1) is 5.41 Å². The molecule has 0 aliphatic heterocycles. The number of fused-ring (bicyclic) bond motifs is 7. The molecule has 0 spiro atoms. The number of hydrogen-bond acceptors (Lipinski definition) is 3. The zero-order chi connectivity index (χ0) is 20.4. The molecule has 0 bridgehead atoms. The highest BCUT2D eigenvalue weighted by molar-refractivity contribution is 5.95. The van der Waals surface area contributed by atoms with Gasteiger partial charge < -0.3 is 11.1 Å². The molecule has 2 aromatic carbocycles. The van der Waals surface area contributed by atoms with Gasteiger partial charge in [0.1, 0.15) is 5.84 Å². The Labute approximate surface area is 174 Å². The van der Waals surface area contributed by atoms with Gasteiger partial charge in [-0.3, -0.25) is 15.2 Å². The van der Waals surface area contributed by atoms with Crippen molar-refractivity contribution < 1.29 is 4.79 Å². The topological polar surface area (TPSA) is 91.9 Å². The van der Waals surface area contributed by atoms with E-state index in [2.05, 4.69) is 40.6 Å².